The molecule has 8 nitrogen and oxygen atoms in total. The van der Waals surface area contributed by atoms with Crippen LogP contribution in [0.3, 0.4) is 0 Å². The number of piperidine rings is 1. The Morgan fingerprint density at radius 3 is 2.62 bits per heavy atom. The smallest absolute Gasteiger partial charge is 0.407 e. The van der Waals surface area contributed by atoms with Crippen molar-refractivity contribution in [3.8, 4) is 10.6 Å². The minimum atomic E-state index is -0.567. The molecule has 0 aliphatic carbocycles. The molecule has 9 heteroatoms. The van der Waals surface area contributed by atoms with Crippen molar-refractivity contribution >= 4 is 29.2 Å². The van der Waals surface area contributed by atoms with Crippen LogP contribution < -0.4 is 10.6 Å². The van der Waals surface area contributed by atoms with Gasteiger partial charge in [0.25, 0.3) is 5.91 Å². The SMILES string of the molecule is Cc1ccc(-c2nc(C(=O)N3CCCC(C(=O)NCCNC(=O)OC(C)(C)C)C3)cs2)c(C)c1. The zero-order valence-corrected chi connectivity index (χ0v) is 21.4. The number of alkyl carbamates (subject to hydrolysis) is 1. The van der Waals surface area contributed by atoms with E-state index in [1.807, 2.05) is 26.0 Å². The van der Waals surface area contributed by atoms with E-state index in [0.717, 1.165) is 29.0 Å². The first kappa shape index (κ1) is 25.7. The van der Waals surface area contributed by atoms with Gasteiger partial charge in [0.2, 0.25) is 5.91 Å². The van der Waals surface area contributed by atoms with Gasteiger partial charge < -0.3 is 20.3 Å². The summed E-state index contributed by atoms with van der Waals surface area (Å²) >= 11 is 1.46. The molecule has 0 radical (unpaired) electrons. The number of nitrogens with one attached hydrogen (secondary N) is 2. The monoisotopic (exact) mass is 486 g/mol. The molecule has 2 heterocycles. The van der Waals surface area contributed by atoms with E-state index in [1.165, 1.54) is 16.9 Å². The highest BCUT2D eigenvalue weighted by molar-refractivity contribution is 7.13. The number of hydrogen-bond acceptors (Lipinski definition) is 6. The van der Waals surface area contributed by atoms with Crippen LogP contribution in [-0.2, 0) is 9.53 Å². The largest absolute Gasteiger partial charge is 0.444 e. The lowest BCUT2D eigenvalue weighted by Crippen LogP contribution is -2.46. The fourth-order valence-electron chi connectivity index (χ4n) is 3.90. The minimum absolute atomic E-state index is 0.113. The zero-order chi connectivity index (χ0) is 24.9. The normalized spacial score (nSPS) is 16.1. The lowest BCUT2D eigenvalue weighted by Gasteiger charge is -2.31. The maximum atomic E-state index is 13.1. The van der Waals surface area contributed by atoms with E-state index >= 15 is 0 Å². The summed E-state index contributed by atoms with van der Waals surface area (Å²) in [6, 6.07) is 6.19. The van der Waals surface area contributed by atoms with E-state index in [0.29, 0.717) is 25.3 Å². The number of carbonyl (C=O) groups is 3. The first-order valence-electron chi connectivity index (χ1n) is 11.6. The van der Waals surface area contributed by atoms with Crippen LogP contribution >= 0.6 is 11.3 Å². The fraction of sp³-hybridized carbons (Fsp3) is 0.520. The van der Waals surface area contributed by atoms with Crippen LogP contribution in [0.25, 0.3) is 10.6 Å². The van der Waals surface area contributed by atoms with E-state index in [4.69, 9.17) is 4.74 Å². The van der Waals surface area contributed by atoms with Crippen molar-refractivity contribution in [1.82, 2.24) is 20.5 Å². The molecular formula is C25H34N4O4S. The quantitative estimate of drug-likeness (QED) is 0.603. The third-order valence-electron chi connectivity index (χ3n) is 5.51. The molecule has 1 aromatic carbocycles. The van der Waals surface area contributed by atoms with Gasteiger partial charge >= 0.3 is 6.09 Å². The van der Waals surface area contributed by atoms with Crippen molar-refractivity contribution in [2.24, 2.45) is 5.92 Å². The van der Waals surface area contributed by atoms with Gasteiger partial charge in [0.1, 0.15) is 16.3 Å². The second kappa shape index (κ2) is 11.0. The van der Waals surface area contributed by atoms with Crippen molar-refractivity contribution in [2.45, 2.75) is 53.1 Å². The van der Waals surface area contributed by atoms with Crippen LogP contribution in [0, 0.1) is 19.8 Å². The number of benzene rings is 1. The van der Waals surface area contributed by atoms with Crippen LogP contribution in [0.15, 0.2) is 23.6 Å². The van der Waals surface area contributed by atoms with E-state index in [1.54, 1.807) is 31.1 Å². The van der Waals surface area contributed by atoms with Gasteiger partial charge in [-0.05, 0) is 53.0 Å². The second-order valence-corrected chi connectivity index (χ2v) is 10.5. The third-order valence-corrected chi connectivity index (χ3v) is 6.38. The van der Waals surface area contributed by atoms with Gasteiger partial charge in [-0.15, -0.1) is 11.3 Å². The van der Waals surface area contributed by atoms with E-state index in [-0.39, 0.29) is 24.3 Å². The van der Waals surface area contributed by atoms with Gasteiger partial charge in [-0.2, -0.15) is 0 Å². The molecule has 1 aliphatic rings. The second-order valence-electron chi connectivity index (χ2n) is 9.67. The summed E-state index contributed by atoms with van der Waals surface area (Å²) in [6.07, 6.45) is 0.966. The number of aromatic nitrogens is 1. The maximum Gasteiger partial charge on any atom is 0.407 e. The molecule has 1 unspecified atom stereocenters. The number of carbonyl (C=O) groups excluding carboxylic acids is 3. The maximum absolute atomic E-state index is 13.1. The molecule has 3 rings (SSSR count). The average Bonchev–Trinajstić information content (AvgIpc) is 3.25. The average molecular weight is 487 g/mol. The Balaban J connectivity index is 1.51. The molecule has 0 spiro atoms. The number of nitrogens with zero attached hydrogens (tertiary/aromatic N) is 2. The predicted molar refractivity (Wildman–Crippen MR) is 133 cm³/mol. The summed E-state index contributed by atoms with van der Waals surface area (Å²) < 4.78 is 5.17. The first-order chi connectivity index (χ1) is 16.0. The molecule has 3 amide bonds. The van der Waals surface area contributed by atoms with E-state index in [2.05, 4.69) is 21.7 Å². The number of thiazole rings is 1. The highest BCUT2D eigenvalue weighted by Gasteiger charge is 2.30. The summed E-state index contributed by atoms with van der Waals surface area (Å²) in [5.41, 5.74) is 3.20. The molecule has 0 saturated carbocycles. The van der Waals surface area contributed by atoms with Gasteiger partial charge in [-0.25, -0.2) is 9.78 Å². The van der Waals surface area contributed by atoms with Crippen molar-refractivity contribution in [3.05, 3.63) is 40.4 Å². The van der Waals surface area contributed by atoms with Crippen LogP contribution in [0.1, 0.15) is 55.2 Å². The third kappa shape index (κ3) is 7.03. The molecular weight excluding hydrogens is 452 g/mol. The highest BCUT2D eigenvalue weighted by Crippen LogP contribution is 2.28. The van der Waals surface area contributed by atoms with E-state index < -0.39 is 11.7 Å². The van der Waals surface area contributed by atoms with Crippen molar-refractivity contribution < 1.29 is 19.1 Å². The lowest BCUT2D eigenvalue weighted by molar-refractivity contribution is -0.126. The molecule has 34 heavy (non-hydrogen) atoms. The van der Waals surface area contributed by atoms with Gasteiger partial charge in [-0.3, -0.25) is 9.59 Å². The molecule has 1 fully saturated rings. The topological polar surface area (TPSA) is 101 Å². The molecule has 1 atom stereocenters. The number of hydrogen-bond donors (Lipinski definition) is 2. The number of ether oxygens (including phenoxy) is 1. The molecule has 2 aromatic rings. The van der Waals surface area contributed by atoms with Crippen molar-refractivity contribution in [2.75, 3.05) is 26.2 Å². The van der Waals surface area contributed by atoms with Crippen molar-refractivity contribution in [3.63, 3.8) is 0 Å². The van der Waals surface area contributed by atoms with Gasteiger partial charge in [0, 0.05) is 37.1 Å². The fourth-order valence-corrected chi connectivity index (χ4v) is 4.78. The molecule has 2 N–H and O–H groups in total. The van der Waals surface area contributed by atoms with Gasteiger partial charge in [0.15, 0.2) is 0 Å². The Morgan fingerprint density at radius 2 is 1.91 bits per heavy atom. The van der Waals surface area contributed by atoms with Crippen LogP contribution in [0.2, 0.25) is 0 Å². The van der Waals surface area contributed by atoms with Gasteiger partial charge in [0.05, 0.1) is 5.92 Å². The van der Waals surface area contributed by atoms with Crippen LogP contribution in [0.5, 0.6) is 0 Å². The van der Waals surface area contributed by atoms with Crippen molar-refractivity contribution in [1.29, 1.82) is 0 Å². The lowest BCUT2D eigenvalue weighted by atomic mass is 9.97. The molecule has 1 aliphatic heterocycles. The summed E-state index contributed by atoms with van der Waals surface area (Å²) in [5.74, 6) is -0.536. The molecule has 1 saturated heterocycles. The Bertz CT molecular complexity index is 1040. The van der Waals surface area contributed by atoms with Crippen LogP contribution in [-0.4, -0.2) is 59.6 Å². The Labute approximate surface area is 205 Å². The Kier molecular flexibility index (Phi) is 8.30. The zero-order valence-electron chi connectivity index (χ0n) is 20.6. The Morgan fingerprint density at radius 1 is 1.18 bits per heavy atom. The molecule has 1 aromatic heterocycles. The summed E-state index contributed by atoms with van der Waals surface area (Å²) in [6.45, 7) is 11.0. The van der Waals surface area contributed by atoms with E-state index in [9.17, 15) is 14.4 Å². The minimum Gasteiger partial charge on any atom is -0.444 e. The van der Waals surface area contributed by atoms with Gasteiger partial charge in [-0.1, -0.05) is 23.8 Å². The molecule has 184 valence electrons. The predicted octanol–water partition coefficient (Wildman–Crippen LogP) is 3.92. The summed E-state index contributed by atoms with van der Waals surface area (Å²) in [4.78, 5) is 43.7. The van der Waals surface area contributed by atoms with Crippen LogP contribution in [0.4, 0.5) is 4.79 Å². The number of amides is 3. The summed E-state index contributed by atoms with van der Waals surface area (Å²) in [7, 11) is 0. The number of aryl methyl sites for hydroxylation is 2. The molecule has 0 bridgehead atoms. The highest BCUT2D eigenvalue weighted by atomic mass is 32.1. The number of likely N-dealkylation sites (tertiary alicyclic amines) is 1. The standard InChI is InChI=1S/C25H34N4O4S/c1-16-8-9-19(17(2)13-16)22-28-20(15-34-22)23(31)29-12-6-7-18(14-29)21(30)26-10-11-27-24(32)33-25(3,4)5/h8-9,13,15,18H,6-7,10-12,14H2,1-5H3,(H,26,30)(H,27,32). The number of rotatable bonds is 6. The Hall–Kier alpha value is -2.94. The summed E-state index contributed by atoms with van der Waals surface area (Å²) in [5, 5.41) is 8.09. The first-order valence-corrected chi connectivity index (χ1v) is 12.5.